The molecule has 0 bridgehead atoms. The van der Waals surface area contributed by atoms with Crippen LogP contribution in [-0.4, -0.2) is 12.9 Å². The van der Waals surface area contributed by atoms with E-state index in [2.05, 4.69) is 19.9 Å². The van der Waals surface area contributed by atoms with Crippen molar-refractivity contribution in [1.29, 1.82) is 0 Å². The Morgan fingerprint density at radius 1 is 1.31 bits per heavy atom. The van der Waals surface area contributed by atoms with Crippen molar-refractivity contribution in [1.82, 2.24) is 0 Å². The molecule has 1 aromatic carbocycles. The maximum atomic E-state index is 11.1. The predicted octanol–water partition coefficient (Wildman–Crippen LogP) is 3.39. The van der Waals surface area contributed by atoms with Crippen LogP contribution >= 0.6 is 0 Å². The van der Waals surface area contributed by atoms with Gasteiger partial charge < -0.3 is 9.53 Å². The van der Waals surface area contributed by atoms with E-state index in [1.807, 2.05) is 13.0 Å². The number of aryl methyl sites for hydroxylation is 2. The Balaban J connectivity index is 3.05. The predicted molar refractivity (Wildman–Crippen MR) is 66.2 cm³/mol. The lowest BCUT2D eigenvalue weighted by Gasteiger charge is -2.16. The van der Waals surface area contributed by atoms with E-state index < -0.39 is 0 Å². The number of carbonyl (C=O) groups is 1. The molecule has 1 aromatic rings. The average Bonchev–Trinajstić information content (AvgIpc) is 2.19. The van der Waals surface area contributed by atoms with E-state index in [-0.39, 0.29) is 11.7 Å². The Kier molecular flexibility index (Phi) is 4.11. The molecule has 0 fully saturated rings. The molecule has 2 heteroatoms. The van der Waals surface area contributed by atoms with Gasteiger partial charge in [0.05, 0.1) is 7.11 Å². The first-order valence-electron chi connectivity index (χ1n) is 5.60. The molecule has 1 unspecified atom stereocenters. The van der Waals surface area contributed by atoms with Crippen LogP contribution in [0.4, 0.5) is 0 Å². The monoisotopic (exact) mass is 220 g/mol. The van der Waals surface area contributed by atoms with Crippen LogP contribution in [0, 0.1) is 13.8 Å². The molecular formula is C14H20O2. The van der Waals surface area contributed by atoms with Gasteiger partial charge >= 0.3 is 0 Å². The second-order valence-electron chi connectivity index (χ2n) is 4.49. The minimum Gasteiger partial charge on any atom is -0.496 e. The van der Waals surface area contributed by atoms with Crippen LogP contribution in [0.1, 0.15) is 42.9 Å². The summed E-state index contributed by atoms with van der Waals surface area (Å²) in [6, 6.07) is 4.17. The number of hydrogen-bond donors (Lipinski definition) is 0. The third-order valence-electron chi connectivity index (χ3n) is 2.91. The molecule has 0 aliphatic rings. The van der Waals surface area contributed by atoms with Crippen LogP contribution < -0.4 is 4.74 Å². The number of carbonyl (C=O) groups excluding carboxylic acids is 1. The van der Waals surface area contributed by atoms with E-state index in [0.717, 1.165) is 11.3 Å². The molecular weight excluding hydrogens is 200 g/mol. The maximum Gasteiger partial charge on any atom is 0.130 e. The number of ketones is 1. The van der Waals surface area contributed by atoms with Crippen molar-refractivity contribution in [3.8, 4) is 5.75 Å². The zero-order chi connectivity index (χ0) is 12.3. The van der Waals surface area contributed by atoms with Gasteiger partial charge in [0.25, 0.3) is 0 Å². The van der Waals surface area contributed by atoms with E-state index in [1.54, 1.807) is 14.0 Å². The third-order valence-corrected chi connectivity index (χ3v) is 2.91. The fourth-order valence-corrected chi connectivity index (χ4v) is 2.10. The van der Waals surface area contributed by atoms with Gasteiger partial charge in [0.1, 0.15) is 11.5 Å². The minimum atomic E-state index is 0.236. The molecule has 0 radical (unpaired) electrons. The van der Waals surface area contributed by atoms with Gasteiger partial charge in [-0.15, -0.1) is 0 Å². The summed E-state index contributed by atoms with van der Waals surface area (Å²) >= 11 is 0. The molecule has 0 aromatic heterocycles. The van der Waals surface area contributed by atoms with Crippen molar-refractivity contribution in [3.63, 3.8) is 0 Å². The van der Waals surface area contributed by atoms with Crippen molar-refractivity contribution in [2.75, 3.05) is 7.11 Å². The van der Waals surface area contributed by atoms with Crippen LogP contribution in [0.5, 0.6) is 5.75 Å². The highest BCUT2D eigenvalue weighted by Gasteiger charge is 2.13. The van der Waals surface area contributed by atoms with E-state index in [0.29, 0.717) is 6.42 Å². The molecule has 0 amide bonds. The van der Waals surface area contributed by atoms with Crippen LogP contribution in [0.15, 0.2) is 12.1 Å². The number of Topliss-reactive ketones (excluding diaryl/α,β-unsaturated/α-hetero) is 1. The average molecular weight is 220 g/mol. The summed E-state index contributed by atoms with van der Waals surface area (Å²) in [5.74, 6) is 1.43. The van der Waals surface area contributed by atoms with Crippen LogP contribution in [-0.2, 0) is 4.79 Å². The number of ether oxygens (including phenoxy) is 1. The Morgan fingerprint density at radius 2 is 1.94 bits per heavy atom. The number of methoxy groups -OCH3 is 1. The molecule has 16 heavy (non-hydrogen) atoms. The van der Waals surface area contributed by atoms with E-state index in [4.69, 9.17) is 4.74 Å². The first-order chi connectivity index (χ1) is 7.45. The lowest BCUT2D eigenvalue weighted by atomic mass is 9.91. The van der Waals surface area contributed by atoms with Crippen molar-refractivity contribution in [2.45, 2.75) is 40.0 Å². The number of hydrogen-bond acceptors (Lipinski definition) is 2. The Bertz CT molecular complexity index is 394. The summed E-state index contributed by atoms with van der Waals surface area (Å²) in [5, 5.41) is 0. The molecule has 0 saturated heterocycles. The number of benzene rings is 1. The van der Waals surface area contributed by atoms with E-state index in [1.165, 1.54) is 11.1 Å². The van der Waals surface area contributed by atoms with Gasteiger partial charge in [0.15, 0.2) is 0 Å². The second kappa shape index (κ2) is 5.15. The highest BCUT2D eigenvalue weighted by molar-refractivity contribution is 5.76. The van der Waals surface area contributed by atoms with Crippen LogP contribution in [0.25, 0.3) is 0 Å². The van der Waals surface area contributed by atoms with Gasteiger partial charge in [0.2, 0.25) is 0 Å². The Labute approximate surface area is 97.6 Å². The largest absolute Gasteiger partial charge is 0.496 e. The first-order valence-corrected chi connectivity index (χ1v) is 5.60. The third kappa shape index (κ3) is 2.84. The molecule has 2 nitrogen and oxygen atoms in total. The topological polar surface area (TPSA) is 26.3 Å². The molecule has 88 valence electrons. The fourth-order valence-electron chi connectivity index (χ4n) is 2.10. The standard InChI is InChI=1S/C14H20O2/c1-9(6-12(4)15)13-7-11(3)14(16-5)8-10(13)2/h7-9H,6H2,1-5H3. The highest BCUT2D eigenvalue weighted by Crippen LogP contribution is 2.29. The summed E-state index contributed by atoms with van der Waals surface area (Å²) in [7, 11) is 1.68. The van der Waals surface area contributed by atoms with Crippen LogP contribution in [0.2, 0.25) is 0 Å². The van der Waals surface area contributed by atoms with Crippen molar-refractivity contribution in [3.05, 3.63) is 28.8 Å². The van der Waals surface area contributed by atoms with Crippen LogP contribution in [0.3, 0.4) is 0 Å². The van der Waals surface area contributed by atoms with Crippen molar-refractivity contribution >= 4 is 5.78 Å². The highest BCUT2D eigenvalue weighted by atomic mass is 16.5. The molecule has 0 saturated carbocycles. The van der Waals surface area contributed by atoms with E-state index in [9.17, 15) is 4.79 Å². The molecule has 1 rings (SSSR count). The fraction of sp³-hybridized carbons (Fsp3) is 0.500. The molecule has 0 spiro atoms. The Morgan fingerprint density at radius 3 is 2.44 bits per heavy atom. The summed E-state index contributed by atoms with van der Waals surface area (Å²) in [4.78, 5) is 11.1. The summed E-state index contributed by atoms with van der Waals surface area (Å²) in [6.45, 7) is 7.83. The van der Waals surface area contributed by atoms with Gasteiger partial charge in [-0.2, -0.15) is 0 Å². The zero-order valence-corrected chi connectivity index (χ0v) is 10.8. The lowest BCUT2D eigenvalue weighted by molar-refractivity contribution is -0.117. The second-order valence-corrected chi connectivity index (χ2v) is 4.49. The SMILES string of the molecule is COc1cc(C)c(C(C)CC(C)=O)cc1C. The van der Waals surface area contributed by atoms with Crippen molar-refractivity contribution < 1.29 is 9.53 Å². The van der Waals surface area contributed by atoms with Gasteiger partial charge in [-0.3, -0.25) is 0 Å². The quantitative estimate of drug-likeness (QED) is 0.777. The number of rotatable bonds is 4. The smallest absolute Gasteiger partial charge is 0.130 e. The van der Waals surface area contributed by atoms with Crippen molar-refractivity contribution in [2.24, 2.45) is 0 Å². The molecule has 0 aliphatic heterocycles. The Hall–Kier alpha value is -1.31. The zero-order valence-electron chi connectivity index (χ0n) is 10.8. The molecule has 0 N–H and O–H groups in total. The normalized spacial score (nSPS) is 12.3. The van der Waals surface area contributed by atoms with Gasteiger partial charge in [-0.25, -0.2) is 0 Å². The lowest BCUT2D eigenvalue weighted by Crippen LogP contribution is -2.03. The molecule has 0 aliphatic carbocycles. The summed E-state index contributed by atoms with van der Waals surface area (Å²) in [6.07, 6.45) is 0.604. The van der Waals surface area contributed by atoms with E-state index >= 15 is 0 Å². The summed E-state index contributed by atoms with van der Waals surface area (Å²) in [5.41, 5.74) is 3.56. The molecule has 1 atom stereocenters. The summed E-state index contributed by atoms with van der Waals surface area (Å²) < 4.78 is 5.27. The molecule has 0 heterocycles. The van der Waals surface area contributed by atoms with Gasteiger partial charge in [0, 0.05) is 6.42 Å². The van der Waals surface area contributed by atoms with Gasteiger partial charge in [-0.1, -0.05) is 13.0 Å². The minimum absolute atomic E-state index is 0.236. The first kappa shape index (κ1) is 12.8. The van der Waals surface area contributed by atoms with Gasteiger partial charge in [-0.05, 0) is 49.4 Å². The maximum absolute atomic E-state index is 11.1.